The molecule has 0 radical (unpaired) electrons. The first kappa shape index (κ1) is 14.6. The van der Waals surface area contributed by atoms with E-state index in [0.29, 0.717) is 24.3 Å². The van der Waals surface area contributed by atoms with Crippen molar-refractivity contribution in [1.82, 2.24) is 0 Å². The van der Waals surface area contributed by atoms with E-state index in [1.165, 1.54) is 0 Å². The molecule has 1 aliphatic rings. The summed E-state index contributed by atoms with van der Waals surface area (Å²) in [4.78, 5) is 25.0. The Balaban J connectivity index is 2.31. The molecular weight excluding hydrogens is 254 g/mol. The minimum atomic E-state index is -0.920. The number of anilines is 1. The Morgan fingerprint density at radius 2 is 2.00 bits per heavy atom. The molecule has 108 valence electrons. The molecule has 2 rings (SSSR count). The van der Waals surface area contributed by atoms with Crippen LogP contribution in [0.1, 0.15) is 49.0 Å². The van der Waals surface area contributed by atoms with Gasteiger partial charge in [-0.1, -0.05) is 26.7 Å². The third kappa shape index (κ3) is 2.84. The molecule has 1 heterocycles. The molecule has 0 atom stereocenters. The zero-order chi connectivity index (χ0) is 14.7. The van der Waals surface area contributed by atoms with Crippen molar-refractivity contribution >= 4 is 17.6 Å². The number of amides is 1. The molecule has 0 fully saturated rings. The van der Waals surface area contributed by atoms with Crippen molar-refractivity contribution in [3.8, 4) is 0 Å². The number of carbonyl (C=O) groups is 2. The third-order valence-corrected chi connectivity index (χ3v) is 4.12. The zero-order valence-corrected chi connectivity index (χ0v) is 12.1. The quantitative estimate of drug-likeness (QED) is 0.898. The Labute approximate surface area is 119 Å². The first-order valence-corrected chi connectivity index (χ1v) is 7.23. The SMILES string of the molecule is CCC(CC)CN1C(=O)CCc2cc(C(=O)O)ccc21. The van der Waals surface area contributed by atoms with E-state index in [1.807, 2.05) is 4.90 Å². The number of carboxylic acids is 1. The second-order valence-electron chi connectivity index (χ2n) is 5.34. The number of carboxylic acid groups (broad SMARTS) is 1. The number of aromatic carboxylic acids is 1. The first-order valence-electron chi connectivity index (χ1n) is 7.23. The molecule has 1 aromatic rings. The van der Waals surface area contributed by atoms with Crippen molar-refractivity contribution in [2.24, 2.45) is 5.92 Å². The van der Waals surface area contributed by atoms with Crippen LogP contribution in [0.2, 0.25) is 0 Å². The number of benzene rings is 1. The number of hydrogen-bond acceptors (Lipinski definition) is 2. The summed E-state index contributed by atoms with van der Waals surface area (Å²) in [7, 11) is 0. The molecule has 1 aliphatic heterocycles. The van der Waals surface area contributed by atoms with Gasteiger partial charge in [-0.25, -0.2) is 4.79 Å². The second-order valence-corrected chi connectivity index (χ2v) is 5.34. The van der Waals surface area contributed by atoms with E-state index in [4.69, 9.17) is 5.11 Å². The monoisotopic (exact) mass is 275 g/mol. The summed E-state index contributed by atoms with van der Waals surface area (Å²) >= 11 is 0. The van der Waals surface area contributed by atoms with Gasteiger partial charge in [-0.15, -0.1) is 0 Å². The van der Waals surface area contributed by atoms with Gasteiger partial charge in [-0.3, -0.25) is 4.79 Å². The molecule has 20 heavy (non-hydrogen) atoms. The molecule has 1 aromatic carbocycles. The van der Waals surface area contributed by atoms with Crippen LogP contribution in [0.15, 0.2) is 18.2 Å². The summed E-state index contributed by atoms with van der Waals surface area (Å²) in [5.41, 5.74) is 2.15. The van der Waals surface area contributed by atoms with Gasteiger partial charge < -0.3 is 10.0 Å². The predicted molar refractivity (Wildman–Crippen MR) is 78.1 cm³/mol. The maximum absolute atomic E-state index is 12.2. The van der Waals surface area contributed by atoms with Crippen LogP contribution in [0.3, 0.4) is 0 Å². The molecule has 1 amide bonds. The molecule has 0 aliphatic carbocycles. The Kier molecular flexibility index (Phi) is 4.42. The Bertz CT molecular complexity index is 520. The van der Waals surface area contributed by atoms with Crippen LogP contribution < -0.4 is 4.90 Å². The highest BCUT2D eigenvalue weighted by Crippen LogP contribution is 2.30. The first-order chi connectivity index (χ1) is 9.56. The highest BCUT2D eigenvalue weighted by molar-refractivity contribution is 5.97. The fraction of sp³-hybridized carbons (Fsp3) is 0.500. The molecule has 0 saturated heterocycles. The summed E-state index contributed by atoms with van der Waals surface area (Å²) in [6, 6.07) is 5.06. The van der Waals surface area contributed by atoms with E-state index in [-0.39, 0.29) is 5.91 Å². The van der Waals surface area contributed by atoms with E-state index in [0.717, 1.165) is 30.6 Å². The van der Waals surface area contributed by atoms with Crippen LogP contribution >= 0.6 is 0 Å². The molecule has 0 aromatic heterocycles. The lowest BCUT2D eigenvalue weighted by Gasteiger charge is -2.32. The molecular formula is C16H21NO3. The van der Waals surface area contributed by atoms with E-state index < -0.39 is 5.97 Å². The maximum Gasteiger partial charge on any atom is 0.335 e. The van der Waals surface area contributed by atoms with Crippen LogP contribution in [0, 0.1) is 5.92 Å². The normalized spacial score (nSPS) is 14.6. The zero-order valence-electron chi connectivity index (χ0n) is 12.1. The van der Waals surface area contributed by atoms with Gasteiger partial charge in [0.25, 0.3) is 0 Å². The van der Waals surface area contributed by atoms with Crippen molar-refractivity contribution in [3.63, 3.8) is 0 Å². The summed E-state index contributed by atoms with van der Waals surface area (Å²) in [5, 5.41) is 9.05. The van der Waals surface area contributed by atoms with E-state index >= 15 is 0 Å². The smallest absolute Gasteiger partial charge is 0.335 e. The van der Waals surface area contributed by atoms with Crippen LogP contribution in [-0.4, -0.2) is 23.5 Å². The van der Waals surface area contributed by atoms with Crippen LogP contribution in [0.4, 0.5) is 5.69 Å². The minimum Gasteiger partial charge on any atom is -0.478 e. The van der Waals surface area contributed by atoms with Gasteiger partial charge in [-0.2, -0.15) is 0 Å². The molecule has 4 heteroatoms. The number of aryl methyl sites for hydroxylation is 1. The van der Waals surface area contributed by atoms with Crippen molar-refractivity contribution in [2.75, 3.05) is 11.4 Å². The number of hydrogen-bond donors (Lipinski definition) is 1. The van der Waals surface area contributed by atoms with Gasteiger partial charge in [0, 0.05) is 18.7 Å². The van der Waals surface area contributed by atoms with Crippen molar-refractivity contribution in [3.05, 3.63) is 29.3 Å². The van der Waals surface area contributed by atoms with Gasteiger partial charge in [-0.05, 0) is 36.1 Å². The molecule has 1 N–H and O–H groups in total. The maximum atomic E-state index is 12.2. The Morgan fingerprint density at radius 3 is 2.60 bits per heavy atom. The molecule has 0 bridgehead atoms. The van der Waals surface area contributed by atoms with Crippen molar-refractivity contribution < 1.29 is 14.7 Å². The summed E-state index contributed by atoms with van der Waals surface area (Å²) in [6.07, 6.45) is 3.19. The minimum absolute atomic E-state index is 0.146. The van der Waals surface area contributed by atoms with Crippen LogP contribution in [0.5, 0.6) is 0 Å². The van der Waals surface area contributed by atoms with Crippen LogP contribution in [0.25, 0.3) is 0 Å². The van der Waals surface area contributed by atoms with Crippen molar-refractivity contribution in [1.29, 1.82) is 0 Å². The summed E-state index contributed by atoms with van der Waals surface area (Å²) in [5.74, 6) is -0.284. The topological polar surface area (TPSA) is 57.6 Å². The average Bonchev–Trinajstić information content (AvgIpc) is 2.46. The van der Waals surface area contributed by atoms with E-state index in [9.17, 15) is 9.59 Å². The number of carbonyl (C=O) groups excluding carboxylic acids is 1. The molecule has 0 saturated carbocycles. The average molecular weight is 275 g/mol. The van der Waals surface area contributed by atoms with E-state index in [1.54, 1.807) is 18.2 Å². The predicted octanol–water partition coefficient (Wildman–Crippen LogP) is 3.10. The van der Waals surface area contributed by atoms with Gasteiger partial charge >= 0.3 is 5.97 Å². The van der Waals surface area contributed by atoms with Crippen LogP contribution in [-0.2, 0) is 11.2 Å². The van der Waals surface area contributed by atoms with Gasteiger partial charge in [0.1, 0.15) is 0 Å². The second kappa shape index (κ2) is 6.07. The molecule has 0 spiro atoms. The number of rotatable bonds is 5. The van der Waals surface area contributed by atoms with E-state index in [2.05, 4.69) is 13.8 Å². The van der Waals surface area contributed by atoms with Gasteiger partial charge in [0.15, 0.2) is 0 Å². The molecule has 0 unspecified atom stereocenters. The highest BCUT2D eigenvalue weighted by atomic mass is 16.4. The summed E-state index contributed by atoms with van der Waals surface area (Å²) in [6.45, 7) is 5.00. The van der Waals surface area contributed by atoms with Gasteiger partial charge in [0.05, 0.1) is 5.56 Å². The lowest BCUT2D eigenvalue weighted by Crippen LogP contribution is -2.38. The fourth-order valence-electron chi connectivity index (χ4n) is 2.70. The largest absolute Gasteiger partial charge is 0.478 e. The fourth-order valence-corrected chi connectivity index (χ4v) is 2.70. The highest BCUT2D eigenvalue weighted by Gasteiger charge is 2.26. The van der Waals surface area contributed by atoms with Crippen molar-refractivity contribution in [2.45, 2.75) is 39.5 Å². The lowest BCUT2D eigenvalue weighted by atomic mass is 9.96. The Hall–Kier alpha value is -1.84. The van der Waals surface area contributed by atoms with Gasteiger partial charge in [0.2, 0.25) is 5.91 Å². The Morgan fingerprint density at radius 1 is 1.30 bits per heavy atom. The third-order valence-electron chi connectivity index (χ3n) is 4.12. The number of nitrogens with zero attached hydrogens (tertiary/aromatic N) is 1. The number of fused-ring (bicyclic) bond motifs is 1. The molecule has 4 nitrogen and oxygen atoms in total. The lowest BCUT2D eigenvalue weighted by molar-refractivity contribution is -0.119. The standard InChI is InChI=1S/C16H21NO3/c1-3-11(4-2)10-17-14-7-5-13(16(19)20)9-12(14)6-8-15(17)18/h5,7,9,11H,3-4,6,8,10H2,1-2H3,(H,19,20). The summed E-state index contributed by atoms with van der Waals surface area (Å²) < 4.78 is 0.